The van der Waals surface area contributed by atoms with Gasteiger partial charge in [0.2, 0.25) is 10.0 Å². The first kappa shape index (κ1) is 24.0. The topological polar surface area (TPSA) is 94.2 Å². The summed E-state index contributed by atoms with van der Waals surface area (Å²) in [7, 11) is -3.53. The number of carbonyl (C=O) groups excluding carboxylic acids is 1. The molecule has 0 saturated carbocycles. The fraction of sp³-hybridized carbons (Fsp3) is 0.435. The van der Waals surface area contributed by atoms with Crippen molar-refractivity contribution < 1.29 is 27.4 Å². The molecule has 0 spiro atoms. The van der Waals surface area contributed by atoms with Crippen LogP contribution in [0.25, 0.3) is 0 Å². The Morgan fingerprint density at radius 1 is 1.12 bits per heavy atom. The average molecular weight is 463 g/mol. The predicted octanol–water partition coefficient (Wildman–Crippen LogP) is 2.37. The number of sulfonamides is 1. The Morgan fingerprint density at radius 3 is 2.50 bits per heavy atom. The van der Waals surface area contributed by atoms with Crippen molar-refractivity contribution >= 4 is 15.9 Å². The lowest BCUT2D eigenvalue weighted by atomic mass is 10.2. The summed E-state index contributed by atoms with van der Waals surface area (Å²) in [6, 6.07) is 13.9. The maximum Gasteiger partial charge on any atom is 0.261 e. The molecule has 0 unspecified atom stereocenters. The van der Waals surface area contributed by atoms with E-state index in [-0.39, 0.29) is 17.4 Å². The standard InChI is InChI=1S/C23H30N2O6S/c1-3-22(31-20-6-4-5-18(2)17-20)23(26)24-11-14-30-19-7-9-21(10-8-19)32(27,28)25-12-15-29-16-13-25/h4-10,17,22H,3,11-16H2,1-2H3,(H,24,26)/t22-/m1/s1. The molecule has 1 N–H and O–H groups in total. The third-order valence-electron chi connectivity index (χ3n) is 5.03. The number of ether oxygens (including phenoxy) is 3. The van der Waals surface area contributed by atoms with Crippen molar-refractivity contribution in [3.63, 3.8) is 0 Å². The van der Waals surface area contributed by atoms with E-state index in [0.717, 1.165) is 5.56 Å². The number of carbonyl (C=O) groups is 1. The van der Waals surface area contributed by atoms with Crippen LogP contribution >= 0.6 is 0 Å². The van der Waals surface area contributed by atoms with Crippen molar-refractivity contribution in [3.8, 4) is 11.5 Å². The van der Waals surface area contributed by atoms with Crippen LogP contribution in [0.3, 0.4) is 0 Å². The maximum atomic E-state index is 12.6. The van der Waals surface area contributed by atoms with E-state index in [0.29, 0.717) is 50.8 Å². The number of benzene rings is 2. The van der Waals surface area contributed by atoms with Gasteiger partial charge >= 0.3 is 0 Å². The Bertz CT molecular complexity index is 988. The number of aryl methyl sites for hydroxylation is 1. The highest BCUT2D eigenvalue weighted by Gasteiger charge is 2.26. The fourth-order valence-electron chi connectivity index (χ4n) is 3.28. The van der Waals surface area contributed by atoms with Gasteiger partial charge in [-0.25, -0.2) is 8.42 Å². The molecule has 1 aliphatic heterocycles. The summed E-state index contributed by atoms with van der Waals surface area (Å²) in [6.45, 7) is 5.93. The summed E-state index contributed by atoms with van der Waals surface area (Å²) in [5, 5.41) is 2.81. The van der Waals surface area contributed by atoms with Gasteiger partial charge in [-0.2, -0.15) is 4.31 Å². The van der Waals surface area contributed by atoms with E-state index in [1.807, 2.05) is 38.1 Å². The van der Waals surface area contributed by atoms with Crippen LogP contribution in [0.2, 0.25) is 0 Å². The summed E-state index contributed by atoms with van der Waals surface area (Å²) in [5.74, 6) is 0.989. The third kappa shape index (κ3) is 6.44. The van der Waals surface area contributed by atoms with Gasteiger partial charge in [-0.15, -0.1) is 0 Å². The minimum atomic E-state index is -3.53. The lowest BCUT2D eigenvalue weighted by molar-refractivity contribution is -0.128. The van der Waals surface area contributed by atoms with Crippen molar-refractivity contribution in [2.75, 3.05) is 39.5 Å². The Labute approximate surface area is 189 Å². The Kier molecular flexibility index (Phi) is 8.49. The highest BCUT2D eigenvalue weighted by atomic mass is 32.2. The summed E-state index contributed by atoms with van der Waals surface area (Å²) in [4.78, 5) is 12.6. The highest BCUT2D eigenvalue weighted by Crippen LogP contribution is 2.20. The molecule has 0 aliphatic carbocycles. The molecule has 3 rings (SSSR count). The number of hydrogen-bond acceptors (Lipinski definition) is 6. The van der Waals surface area contributed by atoms with Crippen molar-refractivity contribution in [2.24, 2.45) is 0 Å². The van der Waals surface area contributed by atoms with E-state index in [1.165, 1.54) is 16.4 Å². The van der Waals surface area contributed by atoms with Gasteiger partial charge in [-0.1, -0.05) is 19.1 Å². The smallest absolute Gasteiger partial charge is 0.261 e. The van der Waals surface area contributed by atoms with Crippen LogP contribution in [0.1, 0.15) is 18.9 Å². The molecule has 1 fully saturated rings. The third-order valence-corrected chi connectivity index (χ3v) is 6.95. The van der Waals surface area contributed by atoms with Gasteiger partial charge in [-0.05, 0) is 55.3 Å². The van der Waals surface area contributed by atoms with Crippen molar-refractivity contribution in [2.45, 2.75) is 31.3 Å². The lowest BCUT2D eigenvalue weighted by Crippen LogP contribution is -2.40. The summed E-state index contributed by atoms with van der Waals surface area (Å²) >= 11 is 0. The van der Waals surface area contributed by atoms with Gasteiger partial charge in [-0.3, -0.25) is 4.79 Å². The lowest BCUT2D eigenvalue weighted by Gasteiger charge is -2.26. The van der Waals surface area contributed by atoms with E-state index >= 15 is 0 Å². The SMILES string of the molecule is CC[C@@H](Oc1cccc(C)c1)C(=O)NCCOc1ccc(S(=O)(=O)N2CCOCC2)cc1. The first-order valence-electron chi connectivity index (χ1n) is 10.7. The highest BCUT2D eigenvalue weighted by molar-refractivity contribution is 7.89. The van der Waals surface area contributed by atoms with Gasteiger partial charge in [0.05, 0.1) is 24.7 Å². The molecule has 2 aromatic rings. The number of rotatable bonds is 10. The molecule has 8 nitrogen and oxygen atoms in total. The second-order valence-electron chi connectivity index (χ2n) is 7.46. The van der Waals surface area contributed by atoms with Gasteiger partial charge < -0.3 is 19.5 Å². The van der Waals surface area contributed by atoms with E-state index < -0.39 is 16.1 Å². The van der Waals surface area contributed by atoms with Gasteiger partial charge in [0, 0.05) is 13.1 Å². The zero-order valence-corrected chi connectivity index (χ0v) is 19.3. The molecule has 0 radical (unpaired) electrons. The number of morpholine rings is 1. The van der Waals surface area contributed by atoms with E-state index in [4.69, 9.17) is 14.2 Å². The molecule has 1 amide bonds. The molecule has 1 atom stereocenters. The van der Waals surface area contributed by atoms with Crippen molar-refractivity contribution in [1.29, 1.82) is 0 Å². The van der Waals surface area contributed by atoms with Gasteiger partial charge in [0.15, 0.2) is 6.10 Å². The Balaban J connectivity index is 1.45. The minimum Gasteiger partial charge on any atom is -0.492 e. The van der Waals surface area contributed by atoms with Crippen molar-refractivity contribution in [3.05, 3.63) is 54.1 Å². The molecule has 174 valence electrons. The van der Waals surface area contributed by atoms with Gasteiger partial charge in [0.25, 0.3) is 5.91 Å². The van der Waals surface area contributed by atoms with E-state index in [2.05, 4.69) is 5.32 Å². The Hall–Kier alpha value is -2.62. The van der Waals surface area contributed by atoms with E-state index in [9.17, 15) is 13.2 Å². The number of amides is 1. The molecule has 2 aromatic carbocycles. The van der Waals surface area contributed by atoms with Crippen LogP contribution in [-0.4, -0.2) is 64.2 Å². The zero-order chi connectivity index (χ0) is 23.0. The second kappa shape index (κ2) is 11.3. The molecule has 32 heavy (non-hydrogen) atoms. The normalized spacial score (nSPS) is 15.7. The van der Waals surface area contributed by atoms with Crippen molar-refractivity contribution in [1.82, 2.24) is 9.62 Å². The first-order chi connectivity index (χ1) is 15.4. The van der Waals surface area contributed by atoms with Crippen LogP contribution in [0, 0.1) is 6.92 Å². The molecule has 1 heterocycles. The largest absolute Gasteiger partial charge is 0.492 e. The summed E-state index contributed by atoms with van der Waals surface area (Å²) in [5.41, 5.74) is 1.06. The molecule has 0 bridgehead atoms. The molecule has 1 saturated heterocycles. The maximum absolute atomic E-state index is 12.6. The molecular formula is C23H30N2O6S. The predicted molar refractivity (Wildman–Crippen MR) is 120 cm³/mol. The van der Waals surface area contributed by atoms with Crippen LogP contribution in [-0.2, 0) is 19.6 Å². The molecular weight excluding hydrogens is 432 g/mol. The van der Waals surface area contributed by atoms with Crippen LogP contribution in [0.4, 0.5) is 0 Å². The summed E-state index contributed by atoms with van der Waals surface area (Å²) in [6.07, 6.45) is -0.0406. The van der Waals surface area contributed by atoms with Crippen LogP contribution in [0.15, 0.2) is 53.4 Å². The molecule has 1 aliphatic rings. The zero-order valence-electron chi connectivity index (χ0n) is 18.5. The molecule has 0 aromatic heterocycles. The summed E-state index contributed by atoms with van der Waals surface area (Å²) < 4.78 is 43.4. The van der Waals surface area contributed by atoms with Crippen LogP contribution in [0.5, 0.6) is 11.5 Å². The minimum absolute atomic E-state index is 0.204. The van der Waals surface area contributed by atoms with Gasteiger partial charge in [0.1, 0.15) is 18.1 Å². The quantitative estimate of drug-likeness (QED) is 0.545. The number of nitrogens with one attached hydrogen (secondary N) is 1. The average Bonchev–Trinajstić information content (AvgIpc) is 2.81. The number of hydrogen-bond donors (Lipinski definition) is 1. The fourth-order valence-corrected chi connectivity index (χ4v) is 4.68. The monoisotopic (exact) mass is 462 g/mol. The Morgan fingerprint density at radius 2 is 1.84 bits per heavy atom. The first-order valence-corrected chi connectivity index (χ1v) is 12.2. The number of nitrogens with zero attached hydrogens (tertiary/aromatic N) is 1. The molecule has 9 heteroatoms. The second-order valence-corrected chi connectivity index (χ2v) is 9.40. The van der Waals surface area contributed by atoms with Crippen LogP contribution < -0.4 is 14.8 Å². The van der Waals surface area contributed by atoms with E-state index in [1.54, 1.807) is 12.1 Å².